The summed E-state index contributed by atoms with van der Waals surface area (Å²) in [6.07, 6.45) is 2.28. The van der Waals surface area contributed by atoms with E-state index in [9.17, 15) is 14.4 Å². The van der Waals surface area contributed by atoms with E-state index in [1.807, 2.05) is 30.3 Å². The summed E-state index contributed by atoms with van der Waals surface area (Å²) < 4.78 is 5.09. The van der Waals surface area contributed by atoms with Crippen molar-refractivity contribution in [3.05, 3.63) is 48.0 Å². The monoisotopic (exact) mass is 259 g/mol. The van der Waals surface area contributed by atoms with Crippen LogP contribution in [0.25, 0.3) is 0 Å². The minimum absolute atomic E-state index is 0.119. The number of amides is 2. The van der Waals surface area contributed by atoms with E-state index in [0.29, 0.717) is 0 Å². The Bertz CT molecular complexity index is 518. The molecule has 5 nitrogen and oxygen atoms in total. The number of rotatable bonds is 4. The minimum Gasteiger partial charge on any atom is -0.459 e. The van der Waals surface area contributed by atoms with Crippen LogP contribution < -0.4 is 0 Å². The van der Waals surface area contributed by atoms with Gasteiger partial charge in [-0.2, -0.15) is 0 Å². The van der Waals surface area contributed by atoms with Crippen LogP contribution in [0.1, 0.15) is 12.5 Å². The van der Waals surface area contributed by atoms with Gasteiger partial charge in [-0.25, -0.2) is 4.79 Å². The van der Waals surface area contributed by atoms with Gasteiger partial charge in [0.2, 0.25) is 0 Å². The topological polar surface area (TPSA) is 63.7 Å². The van der Waals surface area contributed by atoms with Gasteiger partial charge in [0.05, 0.1) is 0 Å². The lowest BCUT2D eigenvalue weighted by Crippen LogP contribution is -2.43. The van der Waals surface area contributed by atoms with Gasteiger partial charge in [-0.05, 0) is 12.5 Å². The van der Waals surface area contributed by atoms with Crippen molar-refractivity contribution < 1.29 is 19.1 Å². The maximum Gasteiger partial charge on any atom is 0.329 e. The fourth-order valence-corrected chi connectivity index (χ4v) is 1.75. The van der Waals surface area contributed by atoms with Gasteiger partial charge in [-0.1, -0.05) is 30.3 Å². The van der Waals surface area contributed by atoms with Crippen LogP contribution in [-0.2, 0) is 25.7 Å². The smallest absolute Gasteiger partial charge is 0.329 e. The van der Waals surface area contributed by atoms with E-state index in [4.69, 9.17) is 4.74 Å². The van der Waals surface area contributed by atoms with Gasteiger partial charge in [0.15, 0.2) is 0 Å². The largest absolute Gasteiger partial charge is 0.459 e. The molecule has 0 bridgehead atoms. The summed E-state index contributed by atoms with van der Waals surface area (Å²) in [5.41, 5.74) is 0.847. The number of esters is 1. The molecule has 98 valence electrons. The number of carbonyl (C=O) groups is 3. The Kier molecular flexibility index (Phi) is 3.75. The van der Waals surface area contributed by atoms with E-state index in [1.54, 1.807) is 0 Å². The Balaban J connectivity index is 1.93. The molecule has 2 amide bonds. The zero-order chi connectivity index (χ0) is 13.8. The predicted molar refractivity (Wildman–Crippen MR) is 66.7 cm³/mol. The molecule has 1 aliphatic rings. The lowest BCUT2D eigenvalue weighted by atomic mass is 10.2. The number of hydrogen-bond donors (Lipinski definition) is 0. The molecule has 0 saturated heterocycles. The Hall–Kier alpha value is -2.43. The highest BCUT2D eigenvalue weighted by atomic mass is 16.5. The molecule has 1 aromatic carbocycles. The second kappa shape index (κ2) is 5.48. The first kappa shape index (κ1) is 13.0. The first-order valence-corrected chi connectivity index (χ1v) is 5.85. The third-order valence-electron chi connectivity index (χ3n) is 2.80. The molecule has 1 heterocycles. The quantitative estimate of drug-likeness (QED) is 0.598. The first-order valence-electron chi connectivity index (χ1n) is 5.85. The van der Waals surface area contributed by atoms with Gasteiger partial charge in [0, 0.05) is 12.2 Å². The minimum atomic E-state index is -0.918. The van der Waals surface area contributed by atoms with Crippen LogP contribution in [0.3, 0.4) is 0 Å². The van der Waals surface area contributed by atoms with E-state index in [1.165, 1.54) is 6.92 Å². The van der Waals surface area contributed by atoms with Gasteiger partial charge in [0.25, 0.3) is 11.8 Å². The van der Waals surface area contributed by atoms with Crippen LogP contribution in [0.15, 0.2) is 42.5 Å². The fourth-order valence-electron chi connectivity index (χ4n) is 1.75. The average Bonchev–Trinajstić information content (AvgIpc) is 2.76. The summed E-state index contributed by atoms with van der Waals surface area (Å²) in [6, 6.07) is 8.27. The van der Waals surface area contributed by atoms with E-state index in [-0.39, 0.29) is 6.61 Å². The van der Waals surface area contributed by atoms with E-state index in [2.05, 4.69) is 0 Å². The molecule has 0 radical (unpaired) electrons. The van der Waals surface area contributed by atoms with Crippen LogP contribution in [0.2, 0.25) is 0 Å². The molecular weight excluding hydrogens is 246 g/mol. The summed E-state index contributed by atoms with van der Waals surface area (Å²) in [5, 5.41) is 0. The maximum atomic E-state index is 11.8. The Morgan fingerprint density at radius 1 is 1.16 bits per heavy atom. The maximum absolute atomic E-state index is 11.8. The first-order chi connectivity index (χ1) is 9.09. The summed E-state index contributed by atoms with van der Waals surface area (Å²) in [6.45, 7) is 1.59. The molecular formula is C14H13NO4. The zero-order valence-electron chi connectivity index (χ0n) is 10.4. The molecule has 1 unspecified atom stereocenters. The van der Waals surface area contributed by atoms with Crippen molar-refractivity contribution in [2.24, 2.45) is 0 Å². The standard InChI is InChI=1S/C14H13NO4/c1-10(15-12(16)7-8-13(15)17)14(18)19-9-11-5-3-2-4-6-11/h2-8,10H,9H2,1H3. The number of hydrogen-bond acceptors (Lipinski definition) is 4. The van der Waals surface area contributed by atoms with Gasteiger partial charge in [0.1, 0.15) is 12.6 Å². The van der Waals surface area contributed by atoms with E-state index < -0.39 is 23.8 Å². The Morgan fingerprint density at radius 3 is 2.32 bits per heavy atom. The van der Waals surface area contributed by atoms with Crippen LogP contribution >= 0.6 is 0 Å². The highest BCUT2D eigenvalue weighted by Crippen LogP contribution is 2.11. The van der Waals surface area contributed by atoms with Crippen molar-refractivity contribution >= 4 is 17.8 Å². The van der Waals surface area contributed by atoms with Crippen molar-refractivity contribution in [3.8, 4) is 0 Å². The van der Waals surface area contributed by atoms with Crippen LogP contribution in [0.4, 0.5) is 0 Å². The normalized spacial score (nSPS) is 15.7. The second-order valence-corrected chi connectivity index (χ2v) is 4.15. The predicted octanol–water partition coefficient (Wildman–Crippen LogP) is 1.04. The van der Waals surface area contributed by atoms with E-state index in [0.717, 1.165) is 22.6 Å². The molecule has 0 aromatic heterocycles. The molecule has 0 saturated carbocycles. The highest BCUT2D eigenvalue weighted by Gasteiger charge is 2.33. The summed E-state index contributed by atoms with van der Waals surface area (Å²) >= 11 is 0. The number of nitrogens with zero attached hydrogens (tertiary/aromatic N) is 1. The molecule has 1 aliphatic heterocycles. The molecule has 19 heavy (non-hydrogen) atoms. The molecule has 1 aromatic rings. The van der Waals surface area contributed by atoms with Crippen molar-refractivity contribution in [2.45, 2.75) is 19.6 Å². The third-order valence-corrected chi connectivity index (χ3v) is 2.80. The lowest BCUT2D eigenvalue weighted by Gasteiger charge is -2.20. The average molecular weight is 259 g/mol. The third kappa shape index (κ3) is 2.88. The molecule has 0 fully saturated rings. The number of carbonyl (C=O) groups excluding carboxylic acids is 3. The van der Waals surface area contributed by atoms with Crippen LogP contribution in [0.5, 0.6) is 0 Å². The van der Waals surface area contributed by atoms with Gasteiger partial charge < -0.3 is 4.74 Å². The molecule has 2 rings (SSSR count). The van der Waals surface area contributed by atoms with Crippen molar-refractivity contribution in [1.82, 2.24) is 4.90 Å². The van der Waals surface area contributed by atoms with Crippen LogP contribution in [0, 0.1) is 0 Å². The lowest BCUT2D eigenvalue weighted by molar-refractivity contribution is -0.157. The zero-order valence-corrected chi connectivity index (χ0v) is 10.4. The van der Waals surface area contributed by atoms with Crippen LogP contribution in [-0.4, -0.2) is 28.7 Å². The summed E-state index contributed by atoms with van der Waals surface area (Å²) in [7, 11) is 0. The van der Waals surface area contributed by atoms with Gasteiger partial charge >= 0.3 is 5.97 Å². The molecule has 0 N–H and O–H groups in total. The number of imide groups is 1. The van der Waals surface area contributed by atoms with E-state index >= 15 is 0 Å². The summed E-state index contributed by atoms with van der Waals surface area (Å²) in [4.78, 5) is 35.5. The molecule has 1 atom stereocenters. The van der Waals surface area contributed by atoms with Crippen molar-refractivity contribution in [3.63, 3.8) is 0 Å². The number of benzene rings is 1. The molecule has 0 spiro atoms. The van der Waals surface area contributed by atoms with Gasteiger partial charge in [-0.15, -0.1) is 0 Å². The molecule has 5 heteroatoms. The Labute approximate surface area is 110 Å². The highest BCUT2D eigenvalue weighted by molar-refractivity contribution is 6.14. The Morgan fingerprint density at radius 2 is 1.74 bits per heavy atom. The molecule has 0 aliphatic carbocycles. The number of ether oxygens (including phenoxy) is 1. The SMILES string of the molecule is CC(C(=O)OCc1ccccc1)N1C(=O)C=CC1=O. The summed E-state index contributed by atoms with van der Waals surface area (Å²) in [5.74, 6) is -1.59. The van der Waals surface area contributed by atoms with Crippen molar-refractivity contribution in [2.75, 3.05) is 0 Å². The van der Waals surface area contributed by atoms with Gasteiger partial charge in [-0.3, -0.25) is 14.5 Å². The van der Waals surface area contributed by atoms with Crippen molar-refractivity contribution in [1.29, 1.82) is 0 Å². The fraction of sp³-hybridized carbons (Fsp3) is 0.214. The second-order valence-electron chi connectivity index (χ2n) is 4.15.